The molecule has 0 spiro atoms. The molecule has 1 aromatic rings. The van der Waals surface area contributed by atoms with E-state index in [0.717, 1.165) is 11.6 Å². The van der Waals surface area contributed by atoms with Crippen LogP contribution in [-0.2, 0) is 19.4 Å². The van der Waals surface area contributed by atoms with E-state index in [1.165, 1.54) is 19.1 Å². The molecular weight excluding hydrogens is 296 g/mol. The van der Waals surface area contributed by atoms with E-state index in [1.54, 1.807) is 12.1 Å². The lowest BCUT2D eigenvalue weighted by molar-refractivity contribution is -0.139. The molecular formula is C10H11BrO4S. The highest BCUT2D eigenvalue weighted by Crippen LogP contribution is 2.19. The smallest absolute Gasteiger partial charge is 0.324 e. The molecule has 1 rings (SSSR count). The summed E-state index contributed by atoms with van der Waals surface area (Å²) in [5.74, 6) is -0.761. The van der Waals surface area contributed by atoms with Crippen molar-refractivity contribution < 1.29 is 17.9 Å². The zero-order valence-corrected chi connectivity index (χ0v) is 11.2. The van der Waals surface area contributed by atoms with Gasteiger partial charge in [0.15, 0.2) is 15.1 Å². The molecule has 1 atom stereocenters. The van der Waals surface area contributed by atoms with Gasteiger partial charge in [-0.15, -0.1) is 0 Å². The van der Waals surface area contributed by atoms with Gasteiger partial charge in [0.1, 0.15) is 0 Å². The van der Waals surface area contributed by atoms with Crippen LogP contribution in [0.25, 0.3) is 0 Å². The molecule has 0 saturated heterocycles. The highest BCUT2D eigenvalue weighted by Gasteiger charge is 2.30. The fourth-order valence-corrected chi connectivity index (χ4v) is 2.66. The van der Waals surface area contributed by atoms with Crippen molar-refractivity contribution in [3.63, 3.8) is 0 Å². The van der Waals surface area contributed by atoms with Gasteiger partial charge in [0, 0.05) is 4.47 Å². The first kappa shape index (κ1) is 13.2. The standard InChI is InChI=1S/C10H11BrO4S/c1-7(10(12)15-2)16(13,14)9-5-3-8(11)4-6-9/h3-7H,1-2H3. The number of methoxy groups -OCH3 is 1. The van der Waals surface area contributed by atoms with E-state index in [9.17, 15) is 13.2 Å². The number of sulfone groups is 1. The number of halogens is 1. The van der Waals surface area contributed by atoms with Crippen LogP contribution in [0.3, 0.4) is 0 Å². The highest BCUT2D eigenvalue weighted by molar-refractivity contribution is 9.10. The molecule has 0 bridgehead atoms. The van der Waals surface area contributed by atoms with Gasteiger partial charge in [0.2, 0.25) is 0 Å². The fourth-order valence-electron chi connectivity index (χ4n) is 1.12. The molecule has 0 aliphatic heterocycles. The Morgan fingerprint density at radius 2 is 1.81 bits per heavy atom. The summed E-state index contributed by atoms with van der Waals surface area (Å²) in [6.45, 7) is 1.31. The molecule has 1 unspecified atom stereocenters. The second kappa shape index (κ2) is 4.97. The largest absolute Gasteiger partial charge is 0.468 e. The van der Waals surface area contributed by atoms with Crippen molar-refractivity contribution in [2.45, 2.75) is 17.1 Å². The minimum atomic E-state index is -3.66. The summed E-state index contributed by atoms with van der Waals surface area (Å²) in [6, 6.07) is 6.10. The summed E-state index contributed by atoms with van der Waals surface area (Å²) >= 11 is 3.21. The van der Waals surface area contributed by atoms with Gasteiger partial charge >= 0.3 is 5.97 Å². The summed E-state index contributed by atoms with van der Waals surface area (Å²) < 4.78 is 29.0. The minimum absolute atomic E-state index is 0.105. The van der Waals surface area contributed by atoms with Crippen molar-refractivity contribution in [2.75, 3.05) is 7.11 Å². The lowest BCUT2D eigenvalue weighted by Gasteiger charge is -2.10. The van der Waals surface area contributed by atoms with Crippen LogP contribution in [0.4, 0.5) is 0 Å². The molecule has 0 aliphatic carbocycles. The Morgan fingerprint density at radius 3 is 2.25 bits per heavy atom. The summed E-state index contributed by atoms with van der Waals surface area (Å²) in [4.78, 5) is 11.3. The number of rotatable bonds is 3. The zero-order valence-electron chi connectivity index (χ0n) is 8.81. The van der Waals surface area contributed by atoms with Gasteiger partial charge < -0.3 is 4.74 Å². The normalized spacial score (nSPS) is 13.2. The van der Waals surface area contributed by atoms with E-state index < -0.39 is 21.1 Å². The number of carbonyl (C=O) groups excluding carboxylic acids is 1. The molecule has 88 valence electrons. The Labute approximate surface area is 103 Å². The van der Waals surface area contributed by atoms with Gasteiger partial charge in [-0.3, -0.25) is 4.79 Å². The molecule has 0 fully saturated rings. The molecule has 6 heteroatoms. The SMILES string of the molecule is COC(=O)C(C)S(=O)(=O)c1ccc(Br)cc1. The van der Waals surface area contributed by atoms with Gasteiger partial charge in [0.25, 0.3) is 0 Å². The van der Waals surface area contributed by atoms with Crippen LogP contribution in [0, 0.1) is 0 Å². The number of carbonyl (C=O) groups is 1. The maximum absolute atomic E-state index is 11.9. The monoisotopic (exact) mass is 306 g/mol. The molecule has 0 aliphatic rings. The van der Waals surface area contributed by atoms with Gasteiger partial charge in [0.05, 0.1) is 12.0 Å². The first-order chi connectivity index (χ1) is 7.39. The average Bonchev–Trinajstić information content (AvgIpc) is 2.27. The van der Waals surface area contributed by atoms with Crippen LogP contribution in [0.2, 0.25) is 0 Å². The number of hydrogen-bond donors (Lipinski definition) is 0. The van der Waals surface area contributed by atoms with E-state index in [1.807, 2.05) is 0 Å². The second-order valence-corrected chi connectivity index (χ2v) is 6.35. The van der Waals surface area contributed by atoms with Crippen molar-refractivity contribution in [2.24, 2.45) is 0 Å². The van der Waals surface area contributed by atoms with Crippen LogP contribution in [0.15, 0.2) is 33.6 Å². The van der Waals surface area contributed by atoms with Crippen LogP contribution in [-0.4, -0.2) is 26.7 Å². The molecule has 16 heavy (non-hydrogen) atoms. The second-order valence-electron chi connectivity index (χ2n) is 3.16. The topological polar surface area (TPSA) is 60.4 Å². The van der Waals surface area contributed by atoms with Gasteiger partial charge in [-0.2, -0.15) is 0 Å². The van der Waals surface area contributed by atoms with Crippen molar-refractivity contribution in [1.82, 2.24) is 0 Å². The molecule has 0 amide bonds. The molecule has 0 saturated carbocycles. The third-order valence-corrected chi connectivity index (χ3v) is 4.72. The summed E-state index contributed by atoms with van der Waals surface area (Å²) in [6.07, 6.45) is 0. The predicted molar refractivity (Wildman–Crippen MR) is 62.8 cm³/mol. The first-order valence-corrected chi connectivity index (χ1v) is 6.81. The molecule has 1 aromatic carbocycles. The van der Waals surface area contributed by atoms with Crippen molar-refractivity contribution in [3.05, 3.63) is 28.7 Å². The zero-order chi connectivity index (χ0) is 12.3. The molecule has 0 heterocycles. The number of ether oxygens (including phenoxy) is 1. The average molecular weight is 307 g/mol. The van der Waals surface area contributed by atoms with Crippen molar-refractivity contribution in [1.29, 1.82) is 0 Å². The van der Waals surface area contributed by atoms with E-state index in [-0.39, 0.29) is 4.90 Å². The molecule has 4 nitrogen and oxygen atoms in total. The lowest BCUT2D eigenvalue weighted by Crippen LogP contribution is -2.28. The van der Waals surface area contributed by atoms with Crippen LogP contribution in [0.1, 0.15) is 6.92 Å². The highest BCUT2D eigenvalue weighted by atomic mass is 79.9. The van der Waals surface area contributed by atoms with Gasteiger partial charge in [-0.25, -0.2) is 8.42 Å². The van der Waals surface area contributed by atoms with E-state index >= 15 is 0 Å². The van der Waals surface area contributed by atoms with Crippen molar-refractivity contribution >= 4 is 31.7 Å². The molecule has 0 aromatic heterocycles. The lowest BCUT2D eigenvalue weighted by atomic mass is 10.4. The van der Waals surface area contributed by atoms with Crippen LogP contribution in [0.5, 0.6) is 0 Å². The first-order valence-electron chi connectivity index (χ1n) is 4.47. The predicted octanol–water partition coefficient (Wildman–Crippen LogP) is 1.78. The fraction of sp³-hybridized carbons (Fsp3) is 0.300. The van der Waals surface area contributed by atoms with E-state index in [4.69, 9.17) is 0 Å². The summed E-state index contributed by atoms with van der Waals surface area (Å²) in [5, 5.41) is -1.20. The van der Waals surface area contributed by atoms with Gasteiger partial charge in [-0.1, -0.05) is 15.9 Å². The Kier molecular flexibility index (Phi) is 4.09. The van der Waals surface area contributed by atoms with E-state index in [0.29, 0.717) is 0 Å². The van der Waals surface area contributed by atoms with Crippen LogP contribution < -0.4 is 0 Å². The Bertz CT molecular complexity index is 478. The van der Waals surface area contributed by atoms with Crippen LogP contribution >= 0.6 is 15.9 Å². The Balaban J connectivity index is 3.12. The number of benzene rings is 1. The van der Waals surface area contributed by atoms with Gasteiger partial charge in [-0.05, 0) is 31.2 Å². The Hall–Kier alpha value is -0.880. The third-order valence-electron chi connectivity index (χ3n) is 2.14. The van der Waals surface area contributed by atoms with Crippen molar-refractivity contribution in [3.8, 4) is 0 Å². The maximum Gasteiger partial charge on any atom is 0.324 e. The van der Waals surface area contributed by atoms with E-state index in [2.05, 4.69) is 20.7 Å². The molecule has 0 radical (unpaired) electrons. The third kappa shape index (κ3) is 2.62. The molecule has 0 N–H and O–H groups in total. The minimum Gasteiger partial charge on any atom is -0.468 e. The number of esters is 1. The summed E-state index contributed by atoms with van der Waals surface area (Å²) in [7, 11) is -2.50. The number of hydrogen-bond acceptors (Lipinski definition) is 4. The maximum atomic E-state index is 11.9. The Morgan fingerprint density at radius 1 is 1.31 bits per heavy atom. The quantitative estimate of drug-likeness (QED) is 0.799. The summed E-state index contributed by atoms with van der Waals surface area (Å²) in [5.41, 5.74) is 0.